The first-order valence-corrected chi connectivity index (χ1v) is 9.05. The maximum Gasteiger partial charge on any atom is 0.305 e. The number of amidine groups is 1. The van der Waals surface area contributed by atoms with Crippen molar-refractivity contribution >= 4 is 66.9 Å². The van der Waals surface area contributed by atoms with E-state index in [1.54, 1.807) is 12.1 Å². The number of amides is 1. The number of carboxylic acids is 1. The van der Waals surface area contributed by atoms with Crippen molar-refractivity contribution in [3.05, 3.63) is 33.5 Å². The smallest absolute Gasteiger partial charge is 0.305 e. The van der Waals surface area contributed by atoms with Crippen LogP contribution in [0.1, 0.15) is 17.5 Å². The molecule has 1 unspecified atom stereocenters. The number of carbonyl (C=O) groups is 2. The van der Waals surface area contributed by atoms with E-state index in [-0.39, 0.29) is 17.4 Å². The third-order valence-electron chi connectivity index (χ3n) is 2.85. The minimum absolute atomic E-state index is 0.218. The largest absolute Gasteiger partial charge is 0.481 e. The Balaban J connectivity index is 2.12. The van der Waals surface area contributed by atoms with Gasteiger partial charge in [-0.1, -0.05) is 33.8 Å². The quantitative estimate of drug-likeness (QED) is 0.396. The summed E-state index contributed by atoms with van der Waals surface area (Å²) < 4.78 is 14.3. The molecule has 2 N–H and O–H groups in total. The van der Waals surface area contributed by atoms with Crippen molar-refractivity contribution in [2.24, 2.45) is 10.2 Å². The molecule has 1 atom stereocenters. The Morgan fingerprint density at radius 3 is 2.91 bits per heavy atom. The molecular formula is C13H10Br2FN3O3S. The van der Waals surface area contributed by atoms with Crippen LogP contribution in [-0.2, 0) is 14.9 Å². The second-order valence-electron chi connectivity index (χ2n) is 4.41. The number of rotatable bonds is 5. The van der Waals surface area contributed by atoms with Crippen LogP contribution < -0.4 is 5.32 Å². The number of nitrogens with one attached hydrogen (secondary N) is 1. The van der Waals surface area contributed by atoms with Gasteiger partial charge in [-0.15, -0.1) is 5.10 Å². The summed E-state index contributed by atoms with van der Waals surface area (Å²) in [5.41, 5.74) is 0.971. The molecule has 0 spiro atoms. The molecular weight excluding hydrogens is 457 g/mol. The highest BCUT2D eigenvalue weighted by Gasteiger charge is 2.32. The Kier molecular flexibility index (Phi) is 6.31. The van der Waals surface area contributed by atoms with E-state index < -0.39 is 17.1 Å². The molecule has 0 bridgehead atoms. The zero-order valence-electron chi connectivity index (χ0n) is 11.4. The van der Waals surface area contributed by atoms with E-state index >= 15 is 0 Å². The molecule has 1 aliphatic heterocycles. The number of hydrogen-bond donors (Lipinski definition) is 2. The highest BCUT2D eigenvalue weighted by molar-refractivity contribution is 9.10. The van der Waals surface area contributed by atoms with E-state index in [0.717, 1.165) is 11.8 Å². The predicted molar refractivity (Wildman–Crippen MR) is 93.5 cm³/mol. The van der Waals surface area contributed by atoms with Crippen molar-refractivity contribution in [2.45, 2.75) is 17.0 Å². The van der Waals surface area contributed by atoms with Crippen molar-refractivity contribution in [2.75, 3.05) is 0 Å². The summed E-state index contributed by atoms with van der Waals surface area (Å²) in [6.45, 7) is 0. The molecule has 1 fully saturated rings. The second-order valence-corrected chi connectivity index (χ2v) is 7.01. The summed E-state index contributed by atoms with van der Waals surface area (Å²) in [5.74, 6) is -1.86. The minimum Gasteiger partial charge on any atom is -0.481 e. The fourth-order valence-corrected chi connectivity index (χ4v) is 3.61. The van der Waals surface area contributed by atoms with Crippen molar-refractivity contribution in [3.63, 3.8) is 0 Å². The summed E-state index contributed by atoms with van der Waals surface area (Å²) in [6.07, 6.45) is 1.08. The first-order chi connectivity index (χ1) is 10.9. The monoisotopic (exact) mass is 465 g/mol. The van der Waals surface area contributed by atoms with Gasteiger partial charge in [-0.05, 0) is 22.0 Å². The summed E-state index contributed by atoms with van der Waals surface area (Å²) in [7, 11) is 0. The van der Waals surface area contributed by atoms with Crippen molar-refractivity contribution in [3.8, 4) is 0 Å². The van der Waals surface area contributed by atoms with Crippen LogP contribution in [0.2, 0.25) is 0 Å². The molecule has 1 aliphatic rings. The predicted octanol–water partition coefficient (Wildman–Crippen LogP) is 2.88. The first kappa shape index (κ1) is 18.1. The zero-order chi connectivity index (χ0) is 17.0. The lowest BCUT2D eigenvalue weighted by Gasteiger charge is -2.04. The fraction of sp³-hybridized carbons (Fsp3) is 0.231. The molecule has 2 rings (SSSR count). The van der Waals surface area contributed by atoms with Crippen LogP contribution in [0.5, 0.6) is 0 Å². The van der Waals surface area contributed by atoms with Crippen LogP contribution in [0.3, 0.4) is 0 Å². The van der Waals surface area contributed by atoms with E-state index in [4.69, 9.17) is 5.11 Å². The van der Waals surface area contributed by atoms with Gasteiger partial charge in [0.1, 0.15) is 11.1 Å². The molecule has 1 amide bonds. The molecule has 0 aliphatic carbocycles. The number of nitrogens with zero attached hydrogens (tertiary/aromatic N) is 2. The van der Waals surface area contributed by atoms with Crippen LogP contribution in [-0.4, -0.2) is 33.6 Å². The standard InChI is InChI=1S/C13H10Br2FN3O3S/c14-4-7-6(1-2-8(15)11(7)16)5-17-19-13-18-12(22)9(23-13)3-10(20)21/h1-2,5,9H,3-4H2,(H,20,21)(H,18,19,22). The number of aliphatic carboxylic acids is 1. The van der Waals surface area contributed by atoms with Gasteiger partial charge in [0.05, 0.1) is 17.1 Å². The van der Waals surface area contributed by atoms with Gasteiger partial charge in [-0.3, -0.25) is 9.59 Å². The topological polar surface area (TPSA) is 91.1 Å². The van der Waals surface area contributed by atoms with Crippen LogP contribution >= 0.6 is 43.6 Å². The van der Waals surface area contributed by atoms with Gasteiger partial charge in [0.2, 0.25) is 5.91 Å². The highest BCUT2D eigenvalue weighted by Crippen LogP contribution is 2.24. The second kappa shape index (κ2) is 8.02. The van der Waals surface area contributed by atoms with Gasteiger partial charge in [0, 0.05) is 16.5 Å². The van der Waals surface area contributed by atoms with Crippen molar-refractivity contribution in [1.82, 2.24) is 5.32 Å². The maximum atomic E-state index is 13.9. The van der Waals surface area contributed by atoms with E-state index in [1.165, 1.54) is 6.21 Å². The Hall–Kier alpha value is -1.26. The minimum atomic E-state index is -1.06. The molecule has 6 nitrogen and oxygen atoms in total. The van der Waals surface area contributed by atoms with E-state index in [0.29, 0.717) is 20.9 Å². The Morgan fingerprint density at radius 1 is 1.52 bits per heavy atom. The van der Waals surface area contributed by atoms with Gasteiger partial charge in [-0.2, -0.15) is 5.10 Å². The summed E-state index contributed by atoms with van der Waals surface area (Å²) in [4.78, 5) is 22.2. The number of halogens is 3. The first-order valence-electron chi connectivity index (χ1n) is 6.25. The zero-order valence-corrected chi connectivity index (χ0v) is 15.4. The highest BCUT2D eigenvalue weighted by atomic mass is 79.9. The lowest BCUT2D eigenvalue weighted by atomic mass is 10.1. The molecule has 0 radical (unpaired) electrons. The molecule has 10 heteroatoms. The molecule has 1 saturated heterocycles. The van der Waals surface area contributed by atoms with Crippen molar-refractivity contribution in [1.29, 1.82) is 0 Å². The normalized spacial score (nSPS) is 19.5. The number of alkyl halides is 1. The van der Waals surface area contributed by atoms with E-state index in [2.05, 4.69) is 47.4 Å². The lowest BCUT2D eigenvalue weighted by molar-refractivity contribution is -0.138. The summed E-state index contributed by atoms with van der Waals surface area (Å²) in [5, 5.41) is 18.6. The Morgan fingerprint density at radius 2 is 2.26 bits per heavy atom. The Labute approximate surface area is 151 Å². The molecule has 122 valence electrons. The van der Waals surface area contributed by atoms with Gasteiger partial charge < -0.3 is 10.4 Å². The average molecular weight is 467 g/mol. The van der Waals surface area contributed by atoms with Crippen LogP contribution in [0, 0.1) is 5.82 Å². The number of hydrogen-bond acceptors (Lipinski definition) is 5. The molecule has 1 aromatic carbocycles. The van der Waals surface area contributed by atoms with E-state index in [1.807, 2.05) is 0 Å². The average Bonchev–Trinajstić information content (AvgIpc) is 2.82. The molecule has 0 saturated carbocycles. The number of carboxylic acid groups (broad SMARTS) is 1. The lowest BCUT2D eigenvalue weighted by Crippen LogP contribution is -2.26. The van der Waals surface area contributed by atoms with Gasteiger partial charge in [-0.25, -0.2) is 4.39 Å². The summed E-state index contributed by atoms with van der Waals surface area (Å²) in [6, 6.07) is 3.24. The molecule has 23 heavy (non-hydrogen) atoms. The number of benzene rings is 1. The van der Waals surface area contributed by atoms with Crippen molar-refractivity contribution < 1.29 is 19.1 Å². The third-order valence-corrected chi connectivity index (χ3v) is 5.09. The Bertz CT molecular complexity index is 712. The molecule has 1 aromatic rings. The maximum absolute atomic E-state index is 13.9. The summed E-state index contributed by atoms with van der Waals surface area (Å²) >= 11 is 7.33. The number of thioether (sulfide) groups is 1. The number of carbonyl (C=O) groups excluding carboxylic acids is 1. The van der Waals surface area contributed by atoms with Crippen LogP contribution in [0.4, 0.5) is 4.39 Å². The SMILES string of the molecule is O=C(O)CC1SC(=NN=Cc2ccc(Br)c(F)c2CBr)NC1=O. The van der Waals surface area contributed by atoms with Crippen LogP contribution in [0.25, 0.3) is 0 Å². The molecule has 1 heterocycles. The van der Waals surface area contributed by atoms with Gasteiger partial charge >= 0.3 is 5.97 Å². The van der Waals surface area contributed by atoms with E-state index in [9.17, 15) is 14.0 Å². The van der Waals surface area contributed by atoms with Crippen LogP contribution in [0.15, 0.2) is 26.8 Å². The molecule has 0 aromatic heterocycles. The van der Waals surface area contributed by atoms with Gasteiger partial charge in [0.25, 0.3) is 0 Å². The van der Waals surface area contributed by atoms with Gasteiger partial charge in [0.15, 0.2) is 5.17 Å². The third kappa shape index (κ3) is 4.61. The fourth-order valence-electron chi connectivity index (χ4n) is 1.75.